The van der Waals surface area contributed by atoms with Crippen LogP contribution in [-0.2, 0) is 10.8 Å². The minimum absolute atomic E-state index is 0.126. The zero-order chi connectivity index (χ0) is 37.8. The van der Waals surface area contributed by atoms with Gasteiger partial charge in [-0.25, -0.2) is 0 Å². The summed E-state index contributed by atoms with van der Waals surface area (Å²) >= 11 is 0. The molecule has 0 atom stereocenters. The minimum Gasteiger partial charge on any atom is -0.456 e. The second-order valence-electron chi connectivity index (χ2n) is 16.5. The lowest BCUT2D eigenvalue weighted by atomic mass is 9.78. The first-order chi connectivity index (χ1) is 27.3. The summed E-state index contributed by atoms with van der Waals surface area (Å²) < 4.78 is 6.28. The average molecular weight is 720 g/mol. The van der Waals surface area contributed by atoms with Crippen LogP contribution < -0.4 is 4.90 Å². The number of nitrogens with zero attached hydrogens (tertiary/aromatic N) is 1. The third-order valence-corrected chi connectivity index (χ3v) is 12.7. The molecule has 2 heteroatoms. The maximum Gasteiger partial charge on any atom is 0.136 e. The summed E-state index contributed by atoms with van der Waals surface area (Å²) in [6.45, 7) is 9.48. The lowest BCUT2D eigenvalue weighted by Gasteiger charge is -2.31. The van der Waals surface area contributed by atoms with Crippen LogP contribution in [0.4, 0.5) is 17.1 Å². The number of hydrogen-bond donors (Lipinski definition) is 0. The number of para-hydroxylation sites is 2. The van der Waals surface area contributed by atoms with Crippen molar-refractivity contribution in [3.05, 3.63) is 198 Å². The van der Waals surface area contributed by atoms with E-state index in [0.717, 1.165) is 44.6 Å². The topological polar surface area (TPSA) is 16.4 Å². The van der Waals surface area contributed by atoms with Crippen molar-refractivity contribution in [1.82, 2.24) is 0 Å². The molecular weight excluding hydrogens is 679 g/mol. The molecule has 0 saturated carbocycles. The molecular formula is C54H41NO. The van der Waals surface area contributed by atoms with E-state index in [0.29, 0.717) is 0 Å². The number of furan rings is 1. The SMILES string of the molecule is CC1(C)c2ccccc2-c2ccc(N(c3ccc(-c4cccc5oc6ccccc6c45)cc3)c3ccccc3-c3cccc4c3C(C)(C)c3ccccc3-4)cc21. The van der Waals surface area contributed by atoms with Gasteiger partial charge in [0.05, 0.1) is 5.69 Å². The van der Waals surface area contributed by atoms with Crippen LogP contribution in [0, 0.1) is 0 Å². The Hall–Kier alpha value is -6.64. The van der Waals surface area contributed by atoms with Crippen molar-refractivity contribution < 1.29 is 4.42 Å². The molecule has 2 aliphatic carbocycles. The van der Waals surface area contributed by atoms with Crippen LogP contribution in [0.2, 0.25) is 0 Å². The molecule has 11 rings (SSSR count). The van der Waals surface area contributed by atoms with Crippen LogP contribution in [-0.4, -0.2) is 0 Å². The van der Waals surface area contributed by atoms with Crippen molar-refractivity contribution in [1.29, 1.82) is 0 Å². The first-order valence-electron chi connectivity index (χ1n) is 19.7. The monoisotopic (exact) mass is 719 g/mol. The van der Waals surface area contributed by atoms with Crippen LogP contribution in [0.15, 0.2) is 180 Å². The Morgan fingerprint density at radius 3 is 1.71 bits per heavy atom. The molecule has 1 aromatic heterocycles. The van der Waals surface area contributed by atoms with E-state index in [1.165, 1.54) is 61.2 Å². The number of hydrogen-bond acceptors (Lipinski definition) is 2. The molecule has 2 nitrogen and oxygen atoms in total. The van der Waals surface area contributed by atoms with Crippen molar-refractivity contribution in [2.45, 2.75) is 38.5 Å². The molecule has 8 aromatic carbocycles. The standard InChI is InChI=1S/C54H41NO/c1-53(2)45-22-9-5-15-38(45)40-32-31-36(33-47(40)53)55(35-29-27-34(28-30-35)37-19-14-26-50-51(37)44-18-8-12-25-49(44)56-50)48-24-11-7-17-41(48)43-21-13-20-42-39-16-6-10-23-46(39)54(3,4)52(42)43/h5-33H,1-4H3. The fourth-order valence-corrected chi connectivity index (χ4v) is 10.0. The zero-order valence-electron chi connectivity index (χ0n) is 32.1. The second-order valence-corrected chi connectivity index (χ2v) is 16.5. The molecule has 0 aliphatic heterocycles. The highest BCUT2D eigenvalue weighted by Crippen LogP contribution is 2.55. The average Bonchev–Trinajstić information content (AvgIpc) is 3.81. The molecule has 0 fully saturated rings. The maximum absolute atomic E-state index is 6.28. The summed E-state index contributed by atoms with van der Waals surface area (Å²) in [7, 11) is 0. The molecule has 0 N–H and O–H groups in total. The number of benzene rings is 8. The number of anilines is 3. The lowest BCUT2D eigenvalue weighted by molar-refractivity contribution is 0.660. The maximum atomic E-state index is 6.28. The number of fused-ring (bicyclic) bond motifs is 9. The largest absolute Gasteiger partial charge is 0.456 e. The van der Waals surface area contributed by atoms with Crippen molar-refractivity contribution in [2.24, 2.45) is 0 Å². The van der Waals surface area contributed by atoms with Gasteiger partial charge in [0, 0.05) is 38.5 Å². The van der Waals surface area contributed by atoms with Crippen LogP contribution >= 0.6 is 0 Å². The van der Waals surface area contributed by atoms with Crippen LogP contribution in [0.25, 0.3) is 66.4 Å². The summed E-state index contributed by atoms with van der Waals surface area (Å²) in [5.74, 6) is 0. The van der Waals surface area contributed by atoms with E-state index in [9.17, 15) is 0 Å². The van der Waals surface area contributed by atoms with Gasteiger partial charge in [-0.3, -0.25) is 0 Å². The van der Waals surface area contributed by atoms with E-state index in [1.54, 1.807) is 0 Å². The molecule has 2 aliphatic rings. The Labute approximate surface area is 328 Å². The van der Waals surface area contributed by atoms with Crippen LogP contribution in [0.1, 0.15) is 49.9 Å². The summed E-state index contributed by atoms with van der Waals surface area (Å²) in [6.07, 6.45) is 0. The van der Waals surface area contributed by atoms with Gasteiger partial charge in [0.25, 0.3) is 0 Å². The van der Waals surface area contributed by atoms with Crippen molar-refractivity contribution in [3.8, 4) is 44.5 Å². The van der Waals surface area contributed by atoms with Gasteiger partial charge in [0.1, 0.15) is 11.2 Å². The van der Waals surface area contributed by atoms with Gasteiger partial charge in [-0.15, -0.1) is 0 Å². The van der Waals surface area contributed by atoms with Gasteiger partial charge in [0.15, 0.2) is 0 Å². The Morgan fingerprint density at radius 1 is 0.393 bits per heavy atom. The summed E-state index contributed by atoms with van der Waals surface area (Å²) in [5, 5.41) is 2.29. The van der Waals surface area contributed by atoms with Crippen molar-refractivity contribution in [2.75, 3.05) is 4.90 Å². The quantitative estimate of drug-likeness (QED) is 0.176. The molecule has 56 heavy (non-hydrogen) atoms. The molecule has 1 heterocycles. The smallest absolute Gasteiger partial charge is 0.136 e. The van der Waals surface area contributed by atoms with Gasteiger partial charge in [-0.1, -0.05) is 161 Å². The van der Waals surface area contributed by atoms with E-state index in [-0.39, 0.29) is 10.8 Å². The van der Waals surface area contributed by atoms with E-state index in [2.05, 4.69) is 202 Å². The fourth-order valence-electron chi connectivity index (χ4n) is 10.0. The summed E-state index contributed by atoms with van der Waals surface area (Å²) in [4.78, 5) is 2.47. The first kappa shape index (κ1) is 32.8. The van der Waals surface area contributed by atoms with E-state index in [4.69, 9.17) is 4.42 Å². The predicted molar refractivity (Wildman–Crippen MR) is 234 cm³/mol. The Kier molecular flexibility index (Phi) is 6.98. The Balaban J connectivity index is 1.11. The highest BCUT2D eigenvalue weighted by atomic mass is 16.3. The van der Waals surface area contributed by atoms with Crippen LogP contribution in [0.5, 0.6) is 0 Å². The minimum atomic E-state index is -0.149. The molecule has 9 aromatic rings. The van der Waals surface area contributed by atoms with Gasteiger partial charge in [-0.2, -0.15) is 0 Å². The van der Waals surface area contributed by atoms with E-state index >= 15 is 0 Å². The van der Waals surface area contributed by atoms with Crippen LogP contribution in [0.3, 0.4) is 0 Å². The number of rotatable bonds is 5. The third kappa shape index (κ3) is 4.62. The molecule has 0 radical (unpaired) electrons. The van der Waals surface area contributed by atoms with E-state index < -0.39 is 0 Å². The molecule has 0 bridgehead atoms. The van der Waals surface area contributed by atoms with Crippen molar-refractivity contribution in [3.63, 3.8) is 0 Å². The van der Waals surface area contributed by atoms with Gasteiger partial charge in [-0.05, 0) is 104 Å². The normalized spacial score (nSPS) is 14.4. The second kappa shape index (κ2) is 11.9. The molecule has 268 valence electrons. The fraction of sp³-hybridized carbons (Fsp3) is 0.111. The molecule has 0 spiro atoms. The Bertz CT molecular complexity index is 3030. The van der Waals surface area contributed by atoms with Crippen molar-refractivity contribution >= 4 is 39.0 Å². The van der Waals surface area contributed by atoms with E-state index in [1.807, 2.05) is 6.07 Å². The highest BCUT2D eigenvalue weighted by Gasteiger charge is 2.39. The van der Waals surface area contributed by atoms with Gasteiger partial charge < -0.3 is 9.32 Å². The third-order valence-electron chi connectivity index (χ3n) is 12.7. The summed E-state index contributed by atoms with van der Waals surface area (Å²) in [6, 6.07) is 64.6. The lowest BCUT2D eigenvalue weighted by Crippen LogP contribution is -2.18. The molecule has 0 saturated heterocycles. The van der Waals surface area contributed by atoms with Gasteiger partial charge >= 0.3 is 0 Å². The summed E-state index contributed by atoms with van der Waals surface area (Å²) in [5.41, 5.74) is 20.6. The molecule has 0 unspecified atom stereocenters. The highest BCUT2D eigenvalue weighted by molar-refractivity contribution is 6.12. The predicted octanol–water partition coefficient (Wildman–Crippen LogP) is 15.0. The Morgan fingerprint density at radius 2 is 0.929 bits per heavy atom. The zero-order valence-corrected chi connectivity index (χ0v) is 32.1. The van der Waals surface area contributed by atoms with Gasteiger partial charge in [0.2, 0.25) is 0 Å². The molecule has 0 amide bonds. The first-order valence-corrected chi connectivity index (χ1v) is 19.7.